The van der Waals surface area contributed by atoms with Gasteiger partial charge in [-0.15, -0.1) is 0 Å². The smallest absolute Gasteiger partial charge is 0.0537 e. The predicted octanol–water partition coefficient (Wildman–Crippen LogP) is 2.21. The second kappa shape index (κ2) is 6.17. The summed E-state index contributed by atoms with van der Waals surface area (Å²) in [5, 5.41) is 3.70. The lowest BCUT2D eigenvalue weighted by molar-refractivity contribution is -0.0438. The second-order valence-corrected chi connectivity index (χ2v) is 5.86. The van der Waals surface area contributed by atoms with Gasteiger partial charge in [-0.2, -0.15) is 0 Å². The van der Waals surface area contributed by atoms with Crippen molar-refractivity contribution < 1.29 is 9.47 Å². The Kier molecular flexibility index (Phi) is 4.83. The Hall–Kier alpha value is -0.120. The minimum atomic E-state index is 0.347. The zero-order valence-corrected chi connectivity index (χ0v) is 11.3. The van der Waals surface area contributed by atoms with Crippen molar-refractivity contribution in [2.75, 3.05) is 33.5 Å². The molecule has 1 saturated heterocycles. The van der Waals surface area contributed by atoms with Crippen LogP contribution in [-0.2, 0) is 9.47 Å². The molecule has 1 N–H and O–H groups in total. The van der Waals surface area contributed by atoms with Crippen molar-refractivity contribution in [3.63, 3.8) is 0 Å². The number of methoxy groups -OCH3 is 1. The molecule has 3 nitrogen and oxygen atoms in total. The molecule has 2 atom stereocenters. The van der Waals surface area contributed by atoms with Gasteiger partial charge in [0, 0.05) is 38.3 Å². The van der Waals surface area contributed by atoms with Crippen LogP contribution in [0, 0.1) is 11.3 Å². The lowest BCUT2D eigenvalue weighted by Gasteiger charge is -2.42. The normalized spacial score (nSPS) is 31.4. The molecule has 0 aromatic carbocycles. The van der Waals surface area contributed by atoms with Crippen LogP contribution in [0.15, 0.2) is 0 Å². The molecule has 2 fully saturated rings. The van der Waals surface area contributed by atoms with Crippen molar-refractivity contribution in [2.45, 2.75) is 45.1 Å². The minimum Gasteiger partial charge on any atom is -0.385 e. The van der Waals surface area contributed by atoms with Crippen LogP contribution < -0.4 is 5.32 Å². The number of rotatable bonds is 7. The van der Waals surface area contributed by atoms with E-state index in [-0.39, 0.29) is 0 Å². The molecule has 3 heteroatoms. The monoisotopic (exact) mass is 241 g/mol. The standard InChI is InChI=1S/C14H27NO2/c1-12(6-9-16-2)14(7-3-8-17-11-14)10-15-13-4-5-13/h12-13,15H,3-11H2,1-2H3. The van der Waals surface area contributed by atoms with Gasteiger partial charge >= 0.3 is 0 Å². The first-order chi connectivity index (χ1) is 8.27. The summed E-state index contributed by atoms with van der Waals surface area (Å²) in [6, 6.07) is 0.795. The highest BCUT2D eigenvalue weighted by molar-refractivity contribution is 4.92. The molecule has 1 saturated carbocycles. The maximum atomic E-state index is 5.76. The highest BCUT2D eigenvalue weighted by Gasteiger charge is 2.39. The summed E-state index contributed by atoms with van der Waals surface area (Å²) >= 11 is 0. The summed E-state index contributed by atoms with van der Waals surface area (Å²) in [6.07, 6.45) is 6.39. The molecule has 0 spiro atoms. The van der Waals surface area contributed by atoms with Gasteiger partial charge in [-0.25, -0.2) is 0 Å². The fourth-order valence-corrected chi connectivity index (χ4v) is 2.81. The van der Waals surface area contributed by atoms with E-state index in [9.17, 15) is 0 Å². The molecule has 0 radical (unpaired) electrons. The van der Waals surface area contributed by atoms with Gasteiger partial charge in [-0.1, -0.05) is 6.92 Å². The molecule has 0 aromatic heterocycles. The molecule has 1 heterocycles. The van der Waals surface area contributed by atoms with E-state index < -0.39 is 0 Å². The average Bonchev–Trinajstić information content (AvgIpc) is 3.18. The van der Waals surface area contributed by atoms with Crippen LogP contribution in [-0.4, -0.2) is 39.5 Å². The topological polar surface area (TPSA) is 30.5 Å². The van der Waals surface area contributed by atoms with Crippen molar-refractivity contribution in [1.29, 1.82) is 0 Å². The van der Waals surface area contributed by atoms with Crippen molar-refractivity contribution >= 4 is 0 Å². The molecule has 17 heavy (non-hydrogen) atoms. The van der Waals surface area contributed by atoms with E-state index in [1.807, 2.05) is 0 Å². The lowest BCUT2D eigenvalue weighted by Crippen LogP contribution is -2.46. The molecule has 0 aromatic rings. The van der Waals surface area contributed by atoms with Gasteiger partial charge in [-0.05, 0) is 38.0 Å². The fraction of sp³-hybridized carbons (Fsp3) is 1.00. The SMILES string of the molecule is COCCC(C)C1(CNC2CC2)CCCOC1. The van der Waals surface area contributed by atoms with Crippen molar-refractivity contribution in [2.24, 2.45) is 11.3 Å². The van der Waals surface area contributed by atoms with E-state index >= 15 is 0 Å². The van der Waals surface area contributed by atoms with Crippen LogP contribution in [0.2, 0.25) is 0 Å². The molecule has 2 rings (SSSR count). The molecule has 0 amide bonds. The Balaban J connectivity index is 1.88. The van der Waals surface area contributed by atoms with Crippen molar-refractivity contribution in [3.05, 3.63) is 0 Å². The average molecular weight is 241 g/mol. The van der Waals surface area contributed by atoms with Gasteiger partial charge in [0.15, 0.2) is 0 Å². The van der Waals surface area contributed by atoms with Crippen LogP contribution in [0.5, 0.6) is 0 Å². The third kappa shape index (κ3) is 3.67. The van der Waals surface area contributed by atoms with Gasteiger partial charge in [-0.3, -0.25) is 0 Å². The highest BCUT2D eigenvalue weighted by Crippen LogP contribution is 2.38. The molecule has 1 aliphatic heterocycles. The van der Waals surface area contributed by atoms with E-state index in [0.29, 0.717) is 11.3 Å². The maximum absolute atomic E-state index is 5.76. The molecular weight excluding hydrogens is 214 g/mol. The second-order valence-electron chi connectivity index (χ2n) is 5.86. The summed E-state index contributed by atoms with van der Waals surface area (Å²) in [7, 11) is 1.79. The van der Waals surface area contributed by atoms with Crippen LogP contribution >= 0.6 is 0 Å². The summed E-state index contributed by atoms with van der Waals surface area (Å²) in [6.45, 7) is 6.23. The predicted molar refractivity (Wildman–Crippen MR) is 69.2 cm³/mol. The van der Waals surface area contributed by atoms with Gasteiger partial charge in [0.1, 0.15) is 0 Å². The largest absolute Gasteiger partial charge is 0.385 e. The number of ether oxygens (including phenoxy) is 2. The molecule has 1 aliphatic carbocycles. The van der Waals surface area contributed by atoms with Gasteiger partial charge in [0.25, 0.3) is 0 Å². The summed E-state index contributed by atoms with van der Waals surface area (Å²) in [4.78, 5) is 0. The molecule has 100 valence electrons. The first kappa shape index (κ1) is 13.3. The van der Waals surface area contributed by atoms with Crippen LogP contribution in [0.1, 0.15) is 39.0 Å². The highest BCUT2D eigenvalue weighted by atomic mass is 16.5. The lowest BCUT2D eigenvalue weighted by atomic mass is 9.71. The molecule has 2 unspecified atom stereocenters. The van der Waals surface area contributed by atoms with E-state index in [1.165, 1.54) is 25.7 Å². The third-order valence-electron chi connectivity index (χ3n) is 4.47. The Morgan fingerprint density at radius 3 is 2.88 bits per heavy atom. The van der Waals surface area contributed by atoms with Crippen molar-refractivity contribution in [1.82, 2.24) is 5.32 Å². The first-order valence-electron chi connectivity index (χ1n) is 7.07. The summed E-state index contributed by atoms with van der Waals surface area (Å²) in [5.41, 5.74) is 0.347. The molecule has 0 bridgehead atoms. The fourth-order valence-electron chi connectivity index (χ4n) is 2.81. The number of hydrogen-bond donors (Lipinski definition) is 1. The number of nitrogens with one attached hydrogen (secondary N) is 1. The van der Waals surface area contributed by atoms with E-state index in [2.05, 4.69) is 12.2 Å². The molecular formula is C14H27NO2. The van der Waals surface area contributed by atoms with Crippen LogP contribution in [0.3, 0.4) is 0 Å². The van der Waals surface area contributed by atoms with E-state index in [0.717, 1.165) is 38.8 Å². The quantitative estimate of drug-likeness (QED) is 0.741. The first-order valence-corrected chi connectivity index (χ1v) is 7.07. The zero-order valence-electron chi connectivity index (χ0n) is 11.3. The Bertz CT molecular complexity index is 222. The molecule has 2 aliphatic rings. The Morgan fingerprint density at radius 1 is 1.47 bits per heavy atom. The zero-order chi connectivity index (χ0) is 12.1. The third-order valence-corrected chi connectivity index (χ3v) is 4.47. The van der Waals surface area contributed by atoms with Gasteiger partial charge < -0.3 is 14.8 Å². The minimum absolute atomic E-state index is 0.347. The van der Waals surface area contributed by atoms with Crippen LogP contribution in [0.4, 0.5) is 0 Å². The Morgan fingerprint density at radius 2 is 2.29 bits per heavy atom. The summed E-state index contributed by atoms with van der Waals surface area (Å²) < 4.78 is 11.0. The van der Waals surface area contributed by atoms with Crippen LogP contribution in [0.25, 0.3) is 0 Å². The van der Waals surface area contributed by atoms with Crippen molar-refractivity contribution in [3.8, 4) is 0 Å². The maximum Gasteiger partial charge on any atom is 0.0537 e. The number of hydrogen-bond acceptors (Lipinski definition) is 3. The summed E-state index contributed by atoms with van der Waals surface area (Å²) in [5.74, 6) is 0.675. The van der Waals surface area contributed by atoms with Gasteiger partial charge in [0.2, 0.25) is 0 Å². The van der Waals surface area contributed by atoms with E-state index in [4.69, 9.17) is 9.47 Å². The Labute approximate surface area is 105 Å². The van der Waals surface area contributed by atoms with Gasteiger partial charge in [0.05, 0.1) is 6.61 Å². The van der Waals surface area contributed by atoms with E-state index in [1.54, 1.807) is 7.11 Å².